The molecular weight excluding hydrogens is 354 g/mol. The highest BCUT2D eigenvalue weighted by Crippen LogP contribution is 2.23. The van der Waals surface area contributed by atoms with E-state index in [-0.39, 0.29) is 0 Å². The first kappa shape index (κ1) is 18.2. The summed E-state index contributed by atoms with van der Waals surface area (Å²) in [6.07, 6.45) is 3.76. The molecule has 1 fully saturated rings. The number of piperazine rings is 1. The van der Waals surface area contributed by atoms with Crippen LogP contribution in [0.25, 0.3) is 5.69 Å². The summed E-state index contributed by atoms with van der Waals surface area (Å²) in [5.74, 6) is 2.09. The third-order valence-corrected chi connectivity index (χ3v) is 4.99. The SMILES string of the molecule is COc1ccc(-n2cccn2)c(CN2CCN(c3cc(C)nc(N)n3)CC2)c1. The fourth-order valence-corrected chi connectivity index (χ4v) is 3.56. The number of aromatic nitrogens is 4. The molecule has 0 spiro atoms. The lowest BCUT2D eigenvalue weighted by Gasteiger charge is -2.35. The van der Waals surface area contributed by atoms with Gasteiger partial charge in [0.2, 0.25) is 5.95 Å². The molecule has 2 N–H and O–H groups in total. The highest BCUT2D eigenvalue weighted by atomic mass is 16.5. The van der Waals surface area contributed by atoms with Crippen LogP contribution in [-0.4, -0.2) is 57.9 Å². The molecule has 0 amide bonds. The van der Waals surface area contributed by atoms with Crippen LogP contribution in [0.2, 0.25) is 0 Å². The van der Waals surface area contributed by atoms with Crippen molar-refractivity contribution in [2.24, 2.45) is 0 Å². The summed E-state index contributed by atoms with van der Waals surface area (Å²) in [4.78, 5) is 13.2. The fourth-order valence-electron chi connectivity index (χ4n) is 3.56. The average Bonchev–Trinajstić information content (AvgIpc) is 3.22. The molecule has 0 unspecified atom stereocenters. The molecular formula is C20H25N7O. The van der Waals surface area contributed by atoms with Crippen LogP contribution in [0.4, 0.5) is 11.8 Å². The van der Waals surface area contributed by atoms with Crippen molar-refractivity contribution in [1.82, 2.24) is 24.6 Å². The summed E-state index contributed by atoms with van der Waals surface area (Å²) in [6, 6.07) is 10.0. The van der Waals surface area contributed by atoms with Crippen molar-refractivity contribution in [3.05, 3.63) is 54.0 Å². The molecule has 3 heterocycles. The minimum atomic E-state index is 0.331. The molecule has 3 aromatic rings. The zero-order valence-electron chi connectivity index (χ0n) is 16.2. The first-order valence-corrected chi connectivity index (χ1v) is 9.38. The molecule has 146 valence electrons. The van der Waals surface area contributed by atoms with Crippen molar-refractivity contribution in [1.29, 1.82) is 0 Å². The number of ether oxygens (including phenoxy) is 1. The van der Waals surface area contributed by atoms with E-state index < -0.39 is 0 Å². The van der Waals surface area contributed by atoms with Crippen molar-refractivity contribution in [3.63, 3.8) is 0 Å². The van der Waals surface area contributed by atoms with Crippen LogP contribution in [0.3, 0.4) is 0 Å². The largest absolute Gasteiger partial charge is 0.497 e. The van der Waals surface area contributed by atoms with E-state index in [0.717, 1.165) is 55.7 Å². The molecule has 0 aliphatic carbocycles. The van der Waals surface area contributed by atoms with Gasteiger partial charge in [-0.2, -0.15) is 10.1 Å². The molecule has 1 aliphatic heterocycles. The van der Waals surface area contributed by atoms with E-state index in [2.05, 4.69) is 37.0 Å². The summed E-state index contributed by atoms with van der Waals surface area (Å²) in [6.45, 7) is 6.47. The van der Waals surface area contributed by atoms with Gasteiger partial charge >= 0.3 is 0 Å². The van der Waals surface area contributed by atoms with Crippen LogP contribution >= 0.6 is 0 Å². The number of aryl methyl sites for hydroxylation is 1. The first-order chi connectivity index (χ1) is 13.6. The van der Waals surface area contributed by atoms with Crippen LogP contribution in [0.15, 0.2) is 42.7 Å². The Morgan fingerprint density at radius 3 is 2.61 bits per heavy atom. The maximum atomic E-state index is 5.81. The Kier molecular flexibility index (Phi) is 5.12. The minimum absolute atomic E-state index is 0.331. The van der Waals surface area contributed by atoms with E-state index in [4.69, 9.17) is 10.5 Å². The lowest BCUT2D eigenvalue weighted by Crippen LogP contribution is -2.46. The zero-order valence-corrected chi connectivity index (χ0v) is 16.2. The second-order valence-electron chi connectivity index (χ2n) is 6.93. The Bertz CT molecular complexity index is 913. The summed E-state index contributed by atoms with van der Waals surface area (Å²) in [7, 11) is 1.70. The van der Waals surface area contributed by atoms with E-state index >= 15 is 0 Å². The number of nitrogens with zero attached hydrogens (tertiary/aromatic N) is 6. The number of methoxy groups -OCH3 is 1. The van der Waals surface area contributed by atoms with Gasteiger partial charge in [-0.1, -0.05) is 0 Å². The molecule has 1 aliphatic rings. The zero-order chi connectivity index (χ0) is 19.5. The standard InChI is InChI=1S/C20H25N7O/c1-15-12-19(24-20(21)23-15)26-10-8-25(9-11-26)14-16-13-17(28-2)4-5-18(16)27-7-3-6-22-27/h3-7,12-13H,8-11,14H2,1-2H3,(H2,21,23,24). The molecule has 2 aromatic heterocycles. The number of nitrogens with two attached hydrogens (primary N) is 1. The molecule has 28 heavy (non-hydrogen) atoms. The van der Waals surface area contributed by atoms with Gasteiger partial charge in [0.15, 0.2) is 0 Å². The molecule has 1 aromatic carbocycles. The Morgan fingerprint density at radius 1 is 1.11 bits per heavy atom. The van der Waals surface area contributed by atoms with Crippen LogP contribution < -0.4 is 15.4 Å². The van der Waals surface area contributed by atoms with Gasteiger partial charge in [0.05, 0.1) is 12.8 Å². The summed E-state index contributed by atoms with van der Waals surface area (Å²) >= 11 is 0. The molecule has 0 atom stereocenters. The van der Waals surface area contributed by atoms with Crippen LogP contribution in [0.5, 0.6) is 5.75 Å². The van der Waals surface area contributed by atoms with Crippen molar-refractivity contribution < 1.29 is 4.74 Å². The molecule has 0 bridgehead atoms. The summed E-state index contributed by atoms with van der Waals surface area (Å²) in [5, 5.41) is 4.39. The van der Waals surface area contributed by atoms with E-state index in [1.807, 2.05) is 36.0 Å². The van der Waals surface area contributed by atoms with Crippen molar-refractivity contribution >= 4 is 11.8 Å². The quantitative estimate of drug-likeness (QED) is 0.724. The van der Waals surface area contributed by atoms with Crippen LogP contribution in [-0.2, 0) is 6.54 Å². The topological polar surface area (TPSA) is 85.3 Å². The third kappa shape index (κ3) is 3.91. The van der Waals surface area contributed by atoms with E-state index in [1.165, 1.54) is 5.56 Å². The van der Waals surface area contributed by atoms with E-state index in [1.54, 1.807) is 13.3 Å². The smallest absolute Gasteiger partial charge is 0.222 e. The molecule has 4 rings (SSSR count). The van der Waals surface area contributed by atoms with E-state index in [0.29, 0.717) is 5.95 Å². The lowest BCUT2D eigenvalue weighted by atomic mass is 10.1. The number of hydrogen-bond donors (Lipinski definition) is 1. The second kappa shape index (κ2) is 7.85. The van der Waals surface area contributed by atoms with Gasteiger partial charge in [-0.3, -0.25) is 4.90 Å². The van der Waals surface area contributed by atoms with E-state index in [9.17, 15) is 0 Å². The monoisotopic (exact) mass is 379 g/mol. The van der Waals surface area contributed by atoms with Gasteiger partial charge in [0.25, 0.3) is 0 Å². The average molecular weight is 379 g/mol. The van der Waals surface area contributed by atoms with Crippen LogP contribution in [0, 0.1) is 6.92 Å². The fraction of sp³-hybridized carbons (Fsp3) is 0.350. The Morgan fingerprint density at radius 2 is 1.93 bits per heavy atom. The Labute approximate surface area is 164 Å². The van der Waals surface area contributed by atoms with Gasteiger partial charge < -0.3 is 15.4 Å². The van der Waals surface area contributed by atoms with Crippen molar-refractivity contribution in [2.45, 2.75) is 13.5 Å². The molecule has 0 saturated carbocycles. The van der Waals surface area contributed by atoms with Gasteiger partial charge in [-0.15, -0.1) is 0 Å². The number of benzene rings is 1. The number of nitrogen functional groups attached to an aromatic ring is 1. The van der Waals surface area contributed by atoms with Gasteiger partial charge in [-0.05, 0) is 36.8 Å². The number of anilines is 2. The Balaban J connectivity index is 1.47. The number of hydrogen-bond acceptors (Lipinski definition) is 7. The summed E-state index contributed by atoms with van der Waals surface area (Å²) < 4.78 is 7.33. The highest BCUT2D eigenvalue weighted by molar-refractivity contribution is 5.46. The lowest BCUT2D eigenvalue weighted by molar-refractivity contribution is 0.248. The normalized spacial score (nSPS) is 15.0. The molecule has 8 heteroatoms. The minimum Gasteiger partial charge on any atom is -0.497 e. The van der Waals surface area contributed by atoms with Gasteiger partial charge in [-0.25, -0.2) is 9.67 Å². The highest BCUT2D eigenvalue weighted by Gasteiger charge is 2.20. The van der Waals surface area contributed by atoms with Crippen molar-refractivity contribution in [2.75, 3.05) is 43.9 Å². The first-order valence-electron chi connectivity index (χ1n) is 9.38. The second-order valence-corrected chi connectivity index (χ2v) is 6.93. The molecule has 8 nitrogen and oxygen atoms in total. The Hall–Kier alpha value is -3.13. The van der Waals surface area contributed by atoms with Crippen molar-refractivity contribution in [3.8, 4) is 11.4 Å². The predicted molar refractivity (Wildman–Crippen MR) is 109 cm³/mol. The maximum Gasteiger partial charge on any atom is 0.222 e. The van der Waals surface area contributed by atoms with Crippen LogP contribution in [0.1, 0.15) is 11.3 Å². The molecule has 1 saturated heterocycles. The van der Waals surface area contributed by atoms with Gasteiger partial charge in [0.1, 0.15) is 11.6 Å². The summed E-state index contributed by atoms with van der Waals surface area (Å²) in [5.41, 5.74) is 8.97. The van der Waals surface area contributed by atoms with Gasteiger partial charge in [0, 0.05) is 56.9 Å². The maximum absolute atomic E-state index is 5.81. The molecule has 0 radical (unpaired) electrons. The number of rotatable bonds is 5. The predicted octanol–water partition coefficient (Wildman–Crippen LogP) is 1.88. The third-order valence-electron chi connectivity index (χ3n) is 4.99.